The summed E-state index contributed by atoms with van der Waals surface area (Å²) in [5.74, 6) is -4.99. The summed E-state index contributed by atoms with van der Waals surface area (Å²) in [5.41, 5.74) is 0.999. The van der Waals surface area contributed by atoms with Crippen molar-refractivity contribution >= 4 is 75.5 Å². The topological polar surface area (TPSA) is 268 Å². The molecule has 4 heterocycles. The van der Waals surface area contributed by atoms with E-state index in [2.05, 4.69) is 21.3 Å². The van der Waals surface area contributed by atoms with Crippen LogP contribution in [0.5, 0.6) is 0 Å². The Morgan fingerprint density at radius 1 is 0.630 bits per heavy atom. The molecule has 4 aliphatic heterocycles. The highest BCUT2D eigenvalue weighted by molar-refractivity contribution is 6.01. The number of nitro groups is 2. The average molecular weight is 1120 g/mol. The van der Waals surface area contributed by atoms with Gasteiger partial charge in [0, 0.05) is 44.0 Å². The standard InChI is InChI=1S/C57H66F2N10O12/c1-32(2)49(62-56(74)80-5)54(72)65-24-10-14-45(65)52(70)60-41-18-16-36(28-47(41)68(76)77)43-20-21-44(67(43)38-30-39(58)51(40(59)31-38)64-26-22-35(23-27-64)34-12-8-7-9-13-34)37-17-19-42(48(29-37)69(78)79)61-53(71)46-15-11-25-66(46)55(73)50(33(3)4)63-57(75)81-6/h7-9,12-13,16-19,22,28-33,43-46,49-50H,10-11,14-15,20-21,23-27H2,1-6H3,(H,60,70)(H,61,71)(H,62,74)(H,63,75)/t43-,44-,45+,46+,49+,50+/m1/s1. The number of nitro benzene ring substituents is 2. The van der Waals surface area contributed by atoms with Crippen LogP contribution >= 0.6 is 0 Å². The van der Waals surface area contributed by atoms with E-state index in [1.54, 1.807) is 37.5 Å². The van der Waals surface area contributed by atoms with Crippen molar-refractivity contribution in [2.75, 3.05) is 60.8 Å². The Morgan fingerprint density at radius 3 is 1.48 bits per heavy atom. The molecular weight excluding hydrogens is 1050 g/mol. The number of hydrogen-bond acceptors (Lipinski definition) is 14. The molecule has 0 aromatic heterocycles. The number of nitrogens with one attached hydrogen (secondary N) is 4. The van der Waals surface area contributed by atoms with Crippen molar-refractivity contribution in [1.82, 2.24) is 20.4 Å². The Hall–Kier alpha value is -8.70. The van der Waals surface area contributed by atoms with Crippen LogP contribution in [0.15, 0.2) is 84.9 Å². The van der Waals surface area contributed by atoms with Crippen LogP contribution in [0.25, 0.3) is 5.57 Å². The van der Waals surface area contributed by atoms with Crippen molar-refractivity contribution in [1.29, 1.82) is 0 Å². The summed E-state index contributed by atoms with van der Waals surface area (Å²) < 4.78 is 42.9. The second-order valence-electron chi connectivity index (χ2n) is 21.2. The van der Waals surface area contributed by atoms with Gasteiger partial charge in [-0.15, -0.1) is 0 Å². The van der Waals surface area contributed by atoms with Crippen LogP contribution in [0.1, 0.15) is 101 Å². The Bertz CT molecular complexity index is 2960. The molecule has 4 aromatic rings. The molecule has 0 saturated carbocycles. The van der Waals surface area contributed by atoms with Crippen molar-refractivity contribution in [2.45, 2.75) is 109 Å². The van der Waals surface area contributed by atoms with E-state index in [0.29, 0.717) is 36.9 Å². The fourth-order valence-corrected chi connectivity index (χ4v) is 11.4. The Balaban J connectivity index is 1.11. The van der Waals surface area contributed by atoms with Crippen LogP contribution in [0.2, 0.25) is 0 Å². The number of carbonyl (C=O) groups excluding carboxylic acids is 6. The maximum atomic E-state index is 16.8. The predicted molar refractivity (Wildman–Crippen MR) is 296 cm³/mol. The lowest BCUT2D eigenvalue weighted by atomic mass is 9.99. The number of methoxy groups -OCH3 is 2. The summed E-state index contributed by atoms with van der Waals surface area (Å²) in [6.07, 6.45) is 2.57. The van der Waals surface area contributed by atoms with Gasteiger partial charge in [0.25, 0.3) is 11.4 Å². The quantitative estimate of drug-likeness (QED) is 0.0569. The molecule has 430 valence electrons. The van der Waals surface area contributed by atoms with E-state index >= 15 is 8.78 Å². The van der Waals surface area contributed by atoms with E-state index in [-0.39, 0.29) is 79.9 Å². The van der Waals surface area contributed by atoms with E-state index in [1.807, 2.05) is 36.4 Å². The van der Waals surface area contributed by atoms with Crippen LogP contribution in [0.4, 0.5) is 52.5 Å². The van der Waals surface area contributed by atoms with E-state index < -0.39 is 105 Å². The van der Waals surface area contributed by atoms with Crippen LogP contribution in [0, 0.1) is 43.7 Å². The molecule has 0 spiro atoms. The van der Waals surface area contributed by atoms with Gasteiger partial charge in [0.1, 0.15) is 41.2 Å². The van der Waals surface area contributed by atoms with Gasteiger partial charge in [0.2, 0.25) is 23.6 Å². The molecule has 0 radical (unpaired) electrons. The molecule has 8 rings (SSSR count). The highest BCUT2D eigenvalue weighted by atomic mass is 19.1. The monoisotopic (exact) mass is 1120 g/mol. The number of carbonyl (C=O) groups is 6. The molecule has 6 amide bonds. The third kappa shape index (κ3) is 12.7. The fraction of sp³-hybridized carbons (Fsp3) is 0.439. The number of ether oxygens (including phenoxy) is 2. The molecule has 3 fully saturated rings. The first-order valence-electron chi connectivity index (χ1n) is 27.0. The van der Waals surface area contributed by atoms with Crippen molar-refractivity contribution in [2.24, 2.45) is 11.8 Å². The number of hydrogen-bond donors (Lipinski definition) is 4. The van der Waals surface area contributed by atoms with Gasteiger partial charge in [0.15, 0.2) is 11.6 Å². The van der Waals surface area contributed by atoms with E-state index in [9.17, 15) is 49.0 Å². The van der Waals surface area contributed by atoms with E-state index in [0.717, 1.165) is 25.4 Å². The number of halogens is 2. The first-order valence-corrected chi connectivity index (χ1v) is 27.0. The minimum absolute atomic E-state index is 0.0265. The van der Waals surface area contributed by atoms with Gasteiger partial charge in [0.05, 0.1) is 36.1 Å². The van der Waals surface area contributed by atoms with Gasteiger partial charge < -0.3 is 50.3 Å². The maximum absolute atomic E-state index is 16.8. The van der Waals surface area contributed by atoms with Crippen molar-refractivity contribution in [3.63, 3.8) is 0 Å². The smallest absolute Gasteiger partial charge is 0.407 e. The minimum atomic E-state index is -1.03. The number of amides is 6. The molecule has 4 aliphatic rings. The summed E-state index contributed by atoms with van der Waals surface area (Å²) in [6, 6.07) is 14.4. The third-order valence-corrected chi connectivity index (χ3v) is 15.5. The SMILES string of the molecule is COC(=O)N[C@H](C(=O)N1CCC[C@H]1C(=O)Nc1ccc([C@H]2CC[C@H](c3ccc(NC(=O)[C@@H]4CCCN4C(=O)[C@@H](NC(=O)OC)C(C)C)c([N+](=O)[O-])c3)N2c2cc(F)c(N3CC=C(c4ccccc4)CC3)c(F)c2)cc1[N+](=O)[O-])C(C)C. The number of anilines is 4. The molecule has 81 heavy (non-hydrogen) atoms. The van der Waals surface area contributed by atoms with Gasteiger partial charge in [-0.3, -0.25) is 39.4 Å². The van der Waals surface area contributed by atoms with E-state index in [4.69, 9.17) is 9.47 Å². The summed E-state index contributed by atoms with van der Waals surface area (Å²) >= 11 is 0. The summed E-state index contributed by atoms with van der Waals surface area (Å²) in [5, 5.41) is 36.1. The number of benzene rings is 4. The number of rotatable bonds is 17. The maximum Gasteiger partial charge on any atom is 0.407 e. The molecule has 0 bridgehead atoms. The molecule has 0 aliphatic carbocycles. The predicted octanol–water partition coefficient (Wildman–Crippen LogP) is 8.78. The molecule has 6 atom stereocenters. The number of alkyl carbamates (subject to hydrolysis) is 2. The van der Waals surface area contributed by atoms with Gasteiger partial charge >= 0.3 is 12.2 Å². The number of nitrogens with zero attached hydrogens (tertiary/aromatic N) is 6. The molecule has 22 nitrogen and oxygen atoms in total. The lowest BCUT2D eigenvalue weighted by Crippen LogP contribution is -2.54. The highest BCUT2D eigenvalue weighted by Crippen LogP contribution is 2.50. The van der Waals surface area contributed by atoms with E-state index in [1.165, 1.54) is 58.3 Å². The van der Waals surface area contributed by atoms with Crippen LogP contribution < -0.4 is 31.1 Å². The zero-order valence-corrected chi connectivity index (χ0v) is 45.8. The fourth-order valence-electron chi connectivity index (χ4n) is 11.4. The Labute approximate surface area is 466 Å². The van der Waals surface area contributed by atoms with Crippen molar-refractivity contribution in [3.05, 3.63) is 133 Å². The summed E-state index contributed by atoms with van der Waals surface area (Å²) in [7, 11) is 2.31. The lowest BCUT2D eigenvalue weighted by molar-refractivity contribution is -0.384. The van der Waals surface area contributed by atoms with Crippen molar-refractivity contribution in [3.8, 4) is 0 Å². The first-order chi connectivity index (χ1) is 38.7. The zero-order chi connectivity index (χ0) is 58.4. The summed E-state index contributed by atoms with van der Waals surface area (Å²) in [4.78, 5) is 110. The van der Waals surface area contributed by atoms with Gasteiger partial charge in [-0.2, -0.15) is 0 Å². The van der Waals surface area contributed by atoms with Crippen molar-refractivity contribution < 1.29 is 56.9 Å². The second-order valence-corrected chi connectivity index (χ2v) is 21.2. The molecule has 24 heteroatoms. The minimum Gasteiger partial charge on any atom is -0.453 e. The van der Waals surface area contributed by atoms with Crippen LogP contribution in [-0.4, -0.2) is 120 Å². The van der Waals surface area contributed by atoms with Gasteiger partial charge in [-0.1, -0.05) is 76.2 Å². The van der Waals surface area contributed by atoms with Crippen LogP contribution in [0.3, 0.4) is 0 Å². The lowest BCUT2D eigenvalue weighted by Gasteiger charge is -2.35. The summed E-state index contributed by atoms with van der Waals surface area (Å²) in [6.45, 7) is 7.78. The Morgan fingerprint density at radius 2 is 1.09 bits per heavy atom. The third-order valence-electron chi connectivity index (χ3n) is 15.5. The highest BCUT2D eigenvalue weighted by Gasteiger charge is 2.43. The number of likely N-dealkylation sites (tertiary alicyclic amines) is 2. The van der Waals surface area contributed by atoms with Crippen LogP contribution in [-0.2, 0) is 28.7 Å². The molecule has 4 N–H and O–H groups in total. The first kappa shape index (κ1) is 58.4. The second kappa shape index (κ2) is 25.2. The normalized spacial score (nSPS) is 19.7. The van der Waals surface area contributed by atoms with Gasteiger partial charge in [-0.05, 0) is 103 Å². The average Bonchev–Trinajstić information content (AvgIpc) is 4.31. The Kier molecular flexibility index (Phi) is 18.2. The zero-order valence-electron chi connectivity index (χ0n) is 45.8. The molecular formula is C57H66F2N10O12. The molecule has 4 aromatic carbocycles. The largest absolute Gasteiger partial charge is 0.453 e. The molecule has 0 unspecified atom stereocenters. The molecule has 3 saturated heterocycles. The van der Waals surface area contributed by atoms with Gasteiger partial charge in [-0.25, -0.2) is 18.4 Å².